The highest BCUT2D eigenvalue weighted by Gasteiger charge is 2.10. The highest BCUT2D eigenvalue weighted by molar-refractivity contribution is 5.34. The minimum absolute atomic E-state index is 0.139. The first-order valence-electron chi connectivity index (χ1n) is 5.41. The highest BCUT2D eigenvalue weighted by atomic mass is 14.8. The maximum absolute atomic E-state index is 6.19. The van der Waals surface area contributed by atoms with Crippen molar-refractivity contribution in [3.05, 3.63) is 65.0 Å². The molecule has 0 aliphatic rings. The van der Waals surface area contributed by atoms with Gasteiger partial charge in [-0.2, -0.15) is 0 Å². The molecule has 0 aliphatic heterocycles. The first-order valence-corrected chi connectivity index (χ1v) is 5.41. The molecule has 1 atom stereocenters. The Balaban J connectivity index is 2.37. The Bertz CT molecular complexity index is 457. The average Bonchev–Trinajstić information content (AvgIpc) is 2.28. The van der Waals surface area contributed by atoms with E-state index in [-0.39, 0.29) is 6.04 Å². The van der Waals surface area contributed by atoms with Crippen LogP contribution in [0.5, 0.6) is 0 Å². The minimum atomic E-state index is -0.139. The molecule has 0 amide bonds. The number of pyridine rings is 1. The fourth-order valence-electron chi connectivity index (χ4n) is 1.92. The van der Waals surface area contributed by atoms with Crippen LogP contribution >= 0.6 is 0 Å². The summed E-state index contributed by atoms with van der Waals surface area (Å²) in [4.78, 5) is 4.29. The molecule has 0 spiro atoms. The normalized spacial score (nSPS) is 12.4. The van der Waals surface area contributed by atoms with Gasteiger partial charge in [-0.25, -0.2) is 0 Å². The van der Waals surface area contributed by atoms with Crippen LogP contribution in [0.3, 0.4) is 0 Å². The van der Waals surface area contributed by atoms with Gasteiger partial charge in [0.2, 0.25) is 0 Å². The molecule has 0 radical (unpaired) electrons. The summed E-state index contributed by atoms with van der Waals surface area (Å²) in [6.45, 7) is 4.17. The number of benzene rings is 1. The quantitative estimate of drug-likeness (QED) is 0.831. The van der Waals surface area contributed by atoms with Gasteiger partial charge in [0, 0.05) is 6.20 Å². The van der Waals surface area contributed by atoms with Crippen LogP contribution in [0.25, 0.3) is 0 Å². The summed E-state index contributed by atoms with van der Waals surface area (Å²) < 4.78 is 0. The van der Waals surface area contributed by atoms with Crippen LogP contribution in [0.2, 0.25) is 0 Å². The summed E-state index contributed by atoms with van der Waals surface area (Å²) >= 11 is 0. The Morgan fingerprint density at radius 3 is 2.31 bits per heavy atom. The van der Waals surface area contributed by atoms with E-state index in [0.29, 0.717) is 0 Å². The molecule has 1 aromatic heterocycles. The summed E-state index contributed by atoms with van der Waals surface area (Å²) in [5.74, 6) is 0. The fourth-order valence-corrected chi connectivity index (χ4v) is 1.92. The van der Waals surface area contributed by atoms with Crippen molar-refractivity contribution in [1.82, 2.24) is 4.98 Å². The van der Waals surface area contributed by atoms with Gasteiger partial charge in [0.15, 0.2) is 0 Å². The van der Waals surface area contributed by atoms with E-state index in [1.54, 1.807) is 6.20 Å². The fraction of sp³-hybridized carbons (Fsp3) is 0.214. The summed E-state index contributed by atoms with van der Waals surface area (Å²) in [6.07, 6.45) is 1.78. The summed E-state index contributed by atoms with van der Waals surface area (Å²) in [5, 5.41) is 0. The molecule has 1 heterocycles. The van der Waals surface area contributed by atoms with Crippen molar-refractivity contribution in [3.8, 4) is 0 Å². The Morgan fingerprint density at radius 2 is 1.75 bits per heavy atom. The van der Waals surface area contributed by atoms with Crippen LogP contribution in [0.1, 0.15) is 28.4 Å². The third kappa shape index (κ3) is 2.28. The lowest BCUT2D eigenvalue weighted by Crippen LogP contribution is -2.13. The van der Waals surface area contributed by atoms with Gasteiger partial charge in [0.1, 0.15) is 0 Å². The van der Waals surface area contributed by atoms with E-state index >= 15 is 0 Å². The third-order valence-electron chi connectivity index (χ3n) is 2.61. The number of aromatic nitrogens is 1. The van der Waals surface area contributed by atoms with Crippen LogP contribution in [0.15, 0.2) is 42.6 Å². The van der Waals surface area contributed by atoms with Crippen molar-refractivity contribution in [2.45, 2.75) is 19.9 Å². The smallest absolute Gasteiger partial charge is 0.0726 e. The molecule has 0 fully saturated rings. The monoisotopic (exact) mass is 212 g/mol. The van der Waals surface area contributed by atoms with Gasteiger partial charge in [0.05, 0.1) is 11.7 Å². The van der Waals surface area contributed by atoms with Crippen molar-refractivity contribution >= 4 is 0 Å². The second-order valence-electron chi connectivity index (χ2n) is 4.15. The Morgan fingerprint density at radius 1 is 1.06 bits per heavy atom. The second kappa shape index (κ2) is 4.45. The van der Waals surface area contributed by atoms with Crippen LogP contribution in [0.4, 0.5) is 0 Å². The van der Waals surface area contributed by atoms with E-state index in [2.05, 4.69) is 37.0 Å². The maximum atomic E-state index is 6.19. The summed E-state index contributed by atoms with van der Waals surface area (Å²) in [5.41, 5.74) is 10.7. The van der Waals surface area contributed by atoms with Crippen LogP contribution < -0.4 is 5.73 Å². The number of hydrogen-bond acceptors (Lipinski definition) is 2. The molecule has 0 saturated heterocycles. The maximum Gasteiger partial charge on any atom is 0.0726 e. The van der Waals surface area contributed by atoms with Gasteiger partial charge in [-0.15, -0.1) is 0 Å². The minimum Gasteiger partial charge on any atom is -0.319 e. The predicted molar refractivity (Wildman–Crippen MR) is 66.2 cm³/mol. The van der Waals surface area contributed by atoms with Crippen molar-refractivity contribution in [1.29, 1.82) is 0 Å². The van der Waals surface area contributed by atoms with Crippen LogP contribution in [-0.2, 0) is 0 Å². The molecule has 1 unspecified atom stereocenters. The largest absolute Gasteiger partial charge is 0.319 e. The Labute approximate surface area is 96.1 Å². The molecule has 2 nitrogen and oxygen atoms in total. The molecule has 2 N–H and O–H groups in total. The standard InChI is InChI=1S/C14H16N2/c1-10-7-11(2)9-12(8-10)14(15)13-5-3-4-6-16-13/h3-9,14H,15H2,1-2H3. The van der Waals surface area contributed by atoms with Gasteiger partial charge in [-0.05, 0) is 31.5 Å². The lowest BCUT2D eigenvalue weighted by Gasteiger charge is -2.13. The molecule has 0 bridgehead atoms. The molecular weight excluding hydrogens is 196 g/mol. The van der Waals surface area contributed by atoms with Gasteiger partial charge in [-0.1, -0.05) is 35.4 Å². The van der Waals surface area contributed by atoms with Crippen molar-refractivity contribution < 1.29 is 0 Å². The predicted octanol–water partition coefficient (Wildman–Crippen LogP) is 2.75. The number of rotatable bonds is 2. The molecule has 16 heavy (non-hydrogen) atoms. The summed E-state index contributed by atoms with van der Waals surface area (Å²) in [6, 6.07) is 12.1. The van der Waals surface area contributed by atoms with E-state index in [1.807, 2.05) is 18.2 Å². The van der Waals surface area contributed by atoms with Crippen molar-refractivity contribution in [2.24, 2.45) is 5.73 Å². The second-order valence-corrected chi connectivity index (χ2v) is 4.15. The number of aryl methyl sites for hydroxylation is 2. The highest BCUT2D eigenvalue weighted by Crippen LogP contribution is 2.19. The van der Waals surface area contributed by atoms with E-state index in [0.717, 1.165) is 11.3 Å². The van der Waals surface area contributed by atoms with E-state index in [9.17, 15) is 0 Å². The molecule has 0 saturated carbocycles. The Hall–Kier alpha value is -1.67. The summed E-state index contributed by atoms with van der Waals surface area (Å²) in [7, 11) is 0. The molecule has 82 valence electrons. The number of nitrogens with two attached hydrogens (primary N) is 1. The van der Waals surface area contributed by atoms with E-state index < -0.39 is 0 Å². The van der Waals surface area contributed by atoms with Gasteiger partial charge < -0.3 is 5.73 Å². The zero-order valence-corrected chi connectivity index (χ0v) is 9.64. The lowest BCUT2D eigenvalue weighted by atomic mass is 9.99. The zero-order chi connectivity index (χ0) is 11.5. The molecular formula is C14H16N2. The van der Waals surface area contributed by atoms with Gasteiger partial charge in [-0.3, -0.25) is 4.98 Å². The van der Waals surface area contributed by atoms with Gasteiger partial charge >= 0.3 is 0 Å². The molecule has 2 rings (SSSR count). The van der Waals surface area contributed by atoms with E-state index in [1.165, 1.54) is 11.1 Å². The number of hydrogen-bond donors (Lipinski definition) is 1. The van der Waals surface area contributed by atoms with Crippen molar-refractivity contribution in [3.63, 3.8) is 0 Å². The molecule has 0 aliphatic carbocycles. The Kier molecular flexibility index (Phi) is 3.02. The van der Waals surface area contributed by atoms with Crippen LogP contribution in [-0.4, -0.2) is 4.98 Å². The first-order chi connectivity index (χ1) is 7.66. The molecule has 1 aromatic carbocycles. The number of nitrogens with zero attached hydrogens (tertiary/aromatic N) is 1. The topological polar surface area (TPSA) is 38.9 Å². The third-order valence-corrected chi connectivity index (χ3v) is 2.61. The van der Waals surface area contributed by atoms with Crippen molar-refractivity contribution in [2.75, 3.05) is 0 Å². The van der Waals surface area contributed by atoms with E-state index in [4.69, 9.17) is 5.73 Å². The lowest BCUT2D eigenvalue weighted by molar-refractivity contribution is 0.826. The molecule has 2 aromatic rings. The SMILES string of the molecule is Cc1cc(C)cc(C(N)c2ccccn2)c1. The molecule has 2 heteroatoms. The van der Waals surface area contributed by atoms with Crippen LogP contribution in [0, 0.1) is 13.8 Å². The first kappa shape index (κ1) is 10.8. The average molecular weight is 212 g/mol. The zero-order valence-electron chi connectivity index (χ0n) is 9.64. The van der Waals surface area contributed by atoms with Gasteiger partial charge in [0.25, 0.3) is 0 Å².